The molecule has 2 aromatic carbocycles. The monoisotopic (exact) mass is 294 g/mol. The Balaban J connectivity index is 1.94. The standard InChI is InChI=1S/C20H22O2/c1-15(13-17-5-9-19(21-3)10-6-17)16(2)14-18-7-11-20(22-4)12-8-18/h5-12H,1-2,13-14H2,3-4H3. The van der Waals surface area contributed by atoms with Crippen LogP contribution in [0.15, 0.2) is 72.8 Å². The zero-order chi connectivity index (χ0) is 15.9. The summed E-state index contributed by atoms with van der Waals surface area (Å²) in [6.45, 7) is 8.33. The number of hydrogen-bond acceptors (Lipinski definition) is 2. The maximum absolute atomic E-state index is 5.17. The van der Waals surface area contributed by atoms with E-state index < -0.39 is 0 Å². The Kier molecular flexibility index (Phi) is 5.42. The lowest BCUT2D eigenvalue weighted by Crippen LogP contribution is -1.97. The molecular weight excluding hydrogens is 272 g/mol. The molecule has 0 N–H and O–H groups in total. The maximum Gasteiger partial charge on any atom is 0.118 e. The van der Waals surface area contributed by atoms with Gasteiger partial charge < -0.3 is 9.47 Å². The van der Waals surface area contributed by atoms with Crippen LogP contribution < -0.4 is 9.47 Å². The number of methoxy groups -OCH3 is 2. The highest BCUT2D eigenvalue weighted by atomic mass is 16.5. The van der Waals surface area contributed by atoms with Crippen molar-refractivity contribution >= 4 is 0 Å². The molecule has 2 aromatic rings. The van der Waals surface area contributed by atoms with Gasteiger partial charge in [0.05, 0.1) is 14.2 Å². The van der Waals surface area contributed by atoms with E-state index in [-0.39, 0.29) is 0 Å². The highest BCUT2D eigenvalue weighted by Crippen LogP contribution is 2.20. The van der Waals surface area contributed by atoms with Crippen molar-refractivity contribution in [1.29, 1.82) is 0 Å². The summed E-state index contributed by atoms with van der Waals surface area (Å²) in [5.41, 5.74) is 4.53. The molecule has 0 saturated carbocycles. The van der Waals surface area contributed by atoms with Crippen LogP contribution in [0.25, 0.3) is 0 Å². The molecule has 0 radical (unpaired) electrons. The topological polar surface area (TPSA) is 18.5 Å². The summed E-state index contributed by atoms with van der Waals surface area (Å²) in [5, 5.41) is 0. The van der Waals surface area contributed by atoms with E-state index in [0.717, 1.165) is 35.5 Å². The number of rotatable bonds is 7. The zero-order valence-corrected chi connectivity index (χ0v) is 13.3. The molecule has 0 bridgehead atoms. The van der Waals surface area contributed by atoms with Crippen LogP contribution in [0.3, 0.4) is 0 Å². The van der Waals surface area contributed by atoms with Gasteiger partial charge in [-0.3, -0.25) is 0 Å². The van der Waals surface area contributed by atoms with Gasteiger partial charge in [0.1, 0.15) is 11.5 Å². The molecule has 0 aliphatic carbocycles. The number of ether oxygens (including phenoxy) is 2. The van der Waals surface area contributed by atoms with E-state index in [0.29, 0.717) is 0 Å². The molecule has 0 aromatic heterocycles. The van der Waals surface area contributed by atoms with E-state index >= 15 is 0 Å². The molecule has 0 unspecified atom stereocenters. The van der Waals surface area contributed by atoms with Gasteiger partial charge in [-0.15, -0.1) is 0 Å². The average Bonchev–Trinajstić information content (AvgIpc) is 2.56. The van der Waals surface area contributed by atoms with Crippen molar-refractivity contribution in [3.8, 4) is 11.5 Å². The second-order valence-corrected chi connectivity index (χ2v) is 5.26. The summed E-state index contributed by atoms with van der Waals surface area (Å²) >= 11 is 0. The van der Waals surface area contributed by atoms with Gasteiger partial charge in [0.2, 0.25) is 0 Å². The van der Waals surface area contributed by atoms with Crippen molar-refractivity contribution in [2.75, 3.05) is 14.2 Å². The summed E-state index contributed by atoms with van der Waals surface area (Å²) < 4.78 is 10.3. The van der Waals surface area contributed by atoms with Crippen LogP contribution in [0, 0.1) is 0 Å². The van der Waals surface area contributed by atoms with Gasteiger partial charge in [-0.05, 0) is 59.4 Å². The molecule has 2 rings (SSSR count). The fourth-order valence-corrected chi connectivity index (χ4v) is 2.23. The van der Waals surface area contributed by atoms with Crippen molar-refractivity contribution in [2.45, 2.75) is 12.8 Å². The third-order valence-electron chi connectivity index (χ3n) is 3.65. The molecule has 2 nitrogen and oxygen atoms in total. The Morgan fingerprint density at radius 3 is 1.27 bits per heavy atom. The van der Waals surface area contributed by atoms with Crippen LogP contribution in [0.4, 0.5) is 0 Å². The van der Waals surface area contributed by atoms with Crippen molar-refractivity contribution in [2.24, 2.45) is 0 Å². The fraction of sp³-hybridized carbons (Fsp3) is 0.200. The summed E-state index contributed by atoms with van der Waals surface area (Å²) in [6.07, 6.45) is 1.61. The Morgan fingerprint density at radius 2 is 1.00 bits per heavy atom. The number of benzene rings is 2. The molecule has 0 aliphatic heterocycles. The zero-order valence-electron chi connectivity index (χ0n) is 13.3. The molecule has 2 heteroatoms. The maximum atomic E-state index is 5.17. The lowest BCUT2D eigenvalue weighted by atomic mass is 9.95. The molecule has 0 aliphatic rings. The van der Waals surface area contributed by atoms with Crippen molar-refractivity contribution < 1.29 is 9.47 Å². The van der Waals surface area contributed by atoms with Crippen LogP contribution >= 0.6 is 0 Å². The van der Waals surface area contributed by atoms with Crippen molar-refractivity contribution in [3.05, 3.63) is 84.0 Å². The minimum atomic E-state index is 0.805. The second kappa shape index (κ2) is 7.51. The van der Waals surface area contributed by atoms with E-state index in [1.807, 2.05) is 24.3 Å². The summed E-state index contributed by atoms with van der Waals surface area (Å²) in [7, 11) is 3.34. The van der Waals surface area contributed by atoms with Gasteiger partial charge in [-0.1, -0.05) is 37.4 Å². The van der Waals surface area contributed by atoms with Gasteiger partial charge in [-0.25, -0.2) is 0 Å². The molecule has 0 spiro atoms. The molecule has 0 heterocycles. The number of allylic oxidation sites excluding steroid dienone is 2. The lowest BCUT2D eigenvalue weighted by molar-refractivity contribution is 0.414. The third kappa shape index (κ3) is 4.26. The molecule has 0 saturated heterocycles. The minimum absolute atomic E-state index is 0.805. The van der Waals surface area contributed by atoms with E-state index in [9.17, 15) is 0 Å². The molecule has 114 valence electrons. The Hall–Kier alpha value is -2.48. The molecular formula is C20H22O2. The van der Waals surface area contributed by atoms with Crippen LogP contribution in [-0.4, -0.2) is 14.2 Å². The fourth-order valence-electron chi connectivity index (χ4n) is 2.23. The first-order valence-electron chi connectivity index (χ1n) is 7.24. The van der Waals surface area contributed by atoms with Gasteiger partial charge in [0.15, 0.2) is 0 Å². The van der Waals surface area contributed by atoms with Crippen molar-refractivity contribution in [1.82, 2.24) is 0 Å². The highest BCUT2D eigenvalue weighted by molar-refractivity contribution is 5.38. The van der Waals surface area contributed by atoms with E-state index in [2.05, 4.69) is 37.4 Å². The molecule has 0 fully saturated rings. The van der Waals surface area contributed by atoms with E-state index in [1.54, 1.807) is 14.2 Å². The lowest BCUT2D eigenvalue weighted by Gasteiger charge is -2.11. The van der Waals surface area contributed by atoms with Gasteiger partial charge in [-0.2, -0.15) is 0 Å². The summed E-state index contributed by atoms with van der Waals surface area (Å²) in [5.74, 6) is 1.73. The second-order valence-electron chi connectivity index (χ2n) is 5.26. The Morgan fingerprint density at radius 1 is 0.682 bits per heavy atom. The van der Waals surface area contributed by atoms with Crippen molar-refractivity contribution in [3.63, 3.8) is 0 Å². The molecule has 0 amide bonds. The summed E-state index contributed by atoms with van der Waals surface area (Å²) in [4.78, 5) is 0. The Labute approximate surface area is 132 Å². The third-order valence-corrected chi connectivity index (χ3v) is 3.65. The first-order chi connectivity index (χ1) is 10.6. The molecule has 22 heavy (non-hydrogen) atoms. The average molecular weight is 294 g/mol. The largest absolute Gasteiger partial charge is 0.497 e. The number of hydrogen-bond donors (Lipinski definition) is 0. The van der Waals surface area contributed by atoms with Crippen LogP contribution in [-0.2, 0) is 12.8 Å². The first kappa shape index (κ1) is 15.9. The van der Waals surface area contributed by atoms with Crippen LogP contribution in [0.1, 0.15) is 11.1 Å². The van der Waals surface area contributed by atoms with Gasteiger partial charge in [0.25, 0.3) is 0 Å². The minimum Gasteiger partial charge on any atom is -0.497 e. The van der Waals surface area contributed by atoms with E-state index in [1.165, 1.54) is 11.1 Å². The van der Waals surface area contributed by atoms with Gasteiger partial charge >= 0.3 is 0 Å². The normalized spacial score (nSPS) is 10.1. The smallest absolute Gasteiger partial charge is 0.118 e. The highest BCUT2D eigenvalue weighted by Gasteiger charge is 2.04. The van der Waals surface area contributed by atoms with Crippen LogP contribution in [0.5, 0.6) is 11.5 Å². The van der Waals surface area contributed by atoms with E-state index in [4.69, 9.17) is 9.47 Å². The van der Waals surface area contributed by atoms with Crippen LogP contribution in [0.2, 0.25) is 0 Å². The molecule has 0 atom stereocenters. The first-order valence-corrected chi connectivity index (χ1v) is 7.24. The Bertz CT molecular complexity index is 577. The predicted octanol–water partition coefficient (Wildman–Crippen LogP) is 4.60. The SMILES string of the molecule is C=C(Cc1ccc(OC)cc1)C(=C)Cc1ccc(OC)cc1. The van der Waals surface area contributed by atoms with Gasteiger partial charge in [0, 0.05) is 0 Å². The predicted molar refractivity (Wildman–Crippen MR) is 91.7 cm³/mol. The summed E-state index contributed by atoms with van der Waals surface area (Å²) in [6, 6.07) is 16.1. The quantitative estimate of drug-likeness (QED) is 0.695.